The molecule has 0 heterocycles. The van der Waals surface area contributed by atoms with Crippen molar-refractivity contribution in [2.75, 3.05) is 5.32 Å². The quantitative estimate of drug-likeness (QED) is 0.663. The van der Waals surface area contributed by atoms with Crippen molar-refractivity contribution in [2.24, 2.45) is 0 Å². The summed E-state index contributed by atoms with van der Waals surface area (Å²) in [5, 5.41) is 6.13. The minimum Gasteiger partial charge on any atom is -0.358 e. The second-order valence-electron chi connectivity index (χ2n) is 5.58. The van der Waals surface area contributed by atoms with Crippen LogP contribution in [0.1, 0.15) is 11.1 Å². The van der Waals surface area contributed by atoms with Crippen LogP contribution in [0.2, 0.25) is 0 Å². The standard InChI is InChI=1S/C21H17N/c1-2-9-18-15-19(12-5-10-16(18)7-1)22-21-14-6-11-17-8-3-4-13-20(17)21/h1-14,22H,15H2. The van der Waals surface area contributed by atoms with Gasteiger partial charge in [0, 0.05) is 23.2 Å². The molecule has 0 fully saturated rings. The molecule has 4 rings (SSSR count). The maximum atomic E-state index is 3.61. The van der Waals surface area contributed by atoms with Crippen LogP contribution >= 0.6 is 0 Å². The molecule has 3 aromatic carbocycles. The van der Waals surface area contributed by atoms with Crippen LogP contribution < -0.4 is 5.32 Å². The van der Waals surface area contributed by atoms with Crippen molar-refractivity contribution in [3.05, 3.63) is 95.7 Å². The van der Waals surface area contributed by atoms with Crippen molar-refractivity contribution in [2.45, 2.75) is 6.42 Å². The zero-order valence-electron chi connectivity index (χ0n) is 12.3. The molecule has 1 N–H and O–H groups in total. The van der Waals surface area contributed by atoms with Crippen LogP contribution in [0.5, 0.6) is 0 Å². The Kier molecular flexibility index (Phi) is 3.24. The van der Waals surface area contributed by atoms with Crippen LogP contribution in [0.15, 0.2) is 84.6 Å². The Bertz CT molecular complexity index is 882. The molecule has 0 saturated carbocycles. The number of hydrogen-bond acceptors (Lipinski definition) is 1. The van der Waals surface area contributed by atoms with Crippen LogP contribution in [-0.4, -0.2) is 0 Å². The molecule has 1 heteroatoms. The molecule has 0 aromatic heterocycles. The van der Waals surface area contributed by atoms with E-state index in [9.17, 15) is 0 Å². The first-order valence-electron chi connectivity index (χ1n) is 7.60. The second-order valence-corrected chi connectivity index (χ2v) is 5.58. The van der Waals surface area contributed by atoms with Crippen molar-refractivity contribution in [1.29, 1.82) is 0 Å². The van der Waals surface area contributed by atoms with Crippen LogP contribution in [0.3, 0.4) is 0 Å². The molecule has 0 radical (unpaired) electrons. The zero-order chi connectivity index (χ0) is 14.8. The topological polar surface area (TPSA) is 12.0 Å². The Morgan fingerprint density at radius 3 is 2.59 bits per heavy atom. The Hall–Kier alpha value is -2.80. The Morgan fingerprint density at radius 1 is 0.773 bits per heavy atom. The van der Waals surface area contributed by atoms with Gasteiger partial charge >= 0.3 is 0 Å². The first-order chi connectivity index (χ1) is 10.9. The molecule has 0 atom stereocenters. The van der Waals surface area contributed by atoms with E-state index in [0.29, 0.717) is 0 Å². The molecular weight excluding hydrogens is 266 g/mol. The van der Waals surface area contributed by atoms with E-state index >= 15 is 0 Å². The molecule has 1 nitrogen and oxygen atoms in total. The lowest BCUT2D eigenvalue weighted by atomic mass is 10.0. The smallest absolute Gasteiger partial charge is 0.0461 e. The summed E-state index contributed by atoms with van der Waals surface area (Å²) in [6.07, 6.45) is 7.39. The number of benzene rings is 3. The van der Waals surface area contributed by atoms with Crippen molar-refractivity contribution in [3.8, 4) is 0 Å². The number of fused-ring (bicyclic) bond motifs is 2. The number of rotatable bonds is 2. The van der Waals surface area contributed by atoms with Gasteiger partial charge in [-0.2, -0.15) is 0 Å². The fourth-order valence-corrected chi connectivity index (χ4v) is 2.98. The van der Waals surface area contributed by atoms with E-state index < -0.39 is 0 Å². The predicted molar refractivity (Wildman–Crippen MR) is 94.8 cm³/mol. The second kappa shape index (κ2) is 5.53. The van der Waals surface area contributed by atoms with E-state index in [0.717, 1.165) is 12.1 Å². The molecular formula is C21H17N. The lowest BCUT2D eigenvalue weighted by molar-refractivity contribution is 1.15. The average Bonchev–Trinajstić information content (AvgIpc) is 2.77. The Labute approximate surface area is 130 Å². The van der Waals surface area contributed by atoms with Gasteiger partial charge in [0.2, 0.25) is 0 Å². The predicted octanol–water partition coefficient (Wildman–Crippen LogP) is 5.41. The maximum absolute atomic E-state index is 3.61. The van der Waals surface area contributed by atoms with Gasteiger partial charge in [0.05, 0.1) is 0 Å². The normalized spacial score (nSPS) is 13.4. The molecule has 0 aliphatic heterocycles. The van der Waals surface area contributed by atoms with Gasteiger partial charge < -0.3 is 5.32 Å². The SMILES string of the molecule is C1=Cc2ccccc2CC(Nc2cccc3ccccc23)=C1. The molecule has 0 bridgehead atoms. The minimum atomic E-state index is 0.923. The summed E-state index contributed by atoms with van der Waals surface area (Å²) >= 11 is 0. The summed E-state index contributed by atoms with van der Waals surface area (Å²) in [6.45, 7) is 0. The van der Waals surface area contributed by atoms with Crippen molar-refractivity contribution >= 4 is 22.5 Å². The summed E-state index contributed by atoms with van der Waals surface area (Å²) in [5.41, 5.74) is 5.04. The highest BCUT2D eigenvalue weighted by Gasteiger charge is 2.07. The van der Waals surface area contributed by atoms with Gasteiger partial charge in [-0.05, 0) is 28.7 Å². The molecule has 106 valence electrons. The van der Waals surface area contributed by atoms with E-state index in [4.69, 9.17) is 0 Å². The first-order valence-corrected chi connectivity index (χ1v) is 7.60. The van der Waals surface area contributed by atoms with Crippen molar-refractivity contribution < 1.29 is 0 Å². The van der Waals surface area contributed by atoms with Crippen LogP contribution in [0.25, 0.3) is 16.8 Å². The molecule has 3 aromatic rings. The van der Waals surface area contributed by atoms with Crippen LogP contribution in [0, 0.1) is 0 Å². The number of nitrogens with one attached hydrogen (secondary N) is 1. The fraction of sp³-hybridized carbons (Fsp3) is 0.0476. The summed E-state index contributed by atoms with van der Waals surface area (Å²) in [7, 11) is 0. The van der Waals surface area contributed by atoms with Gasteiger partial charge in [-0.3, -0.25) is 0 Å². The highest BCUT2D eigenvalue weighted by atomic mass is 14.9. The third-order valence-corrected chi connectivity index (χ3v) is 4.09. The van der Waals surface area contributed by atoms with Gasteiger partial charge in [0.25, 0.3) is 0 Å². The fourth-order valence-electron chi connectivity index (χ4n) is 2.98. The highest BCUT2D eigenvalue weighted by molar-refractivity contribution is 5.94. The minimum absolute atomic E-state index is 0.923. The van der Waals surface area contributed by atoms with Crippen LogP contribution in [0.4, 0.5) is 5.69 Å². The van der Waals surface area contributed by atoms with Gasteiger partial charge in [-0.25, -0.2) is 0 Å². The van der Waals surface area contributed by atoms with Gasteiger partial charge in [-0.15, -0.1) is 0 Å². The number of anilines is 1. The molecule has 22 heavy (non-hydrogen) atoms. The average molecular weight is 283 g/mol. The first kappa shape index (κ1) is 12.9. The van der Waals surface area contributed by atoms with E-state index in [1.54, 1.807) is 0 Å². The monoisotopic (exact) mass is 283 g/mol. The third-order valence-electron chi connectivity index (χ3n) is 4.09. The van der Waals surface area contributed by atoms with Gasteiger partial charge in [0.15, 0.2) is 0 Å². The molecule has 0 amide bonds. The Balaban J connectivity index is 1.69. The zero-order valence-corrected chi connectivity index (χ0v) is 12.3. The summed E-state index contributed by atoms with van der Waals surface area (Å²) < 4.78 is 0. The Morgan fingerprint density at radius 2 is 1.59 bits per heavy atom. The maximum Gasteiger partial charge on any atom is 0.0461 e. The third kappa shape index (κ3) is 2.42. The van der Waals surface area contributed by atoms with Crippen molar-refractivity contribution in [3.63, 3.8) is 0 Å². The summed E-state index contributed by atoms with van der Waals surface area (Å²) in [6, 6.07) is 23.4. The van der Waals surface area contributed by atoms with E-state index in [-0.39, 0.29) is 0 Å². The summed E-state index contributed by atoms with van der Waals surface area (Å²) in [4.78, 5) is 0. The van der Waals surface area contributed by atoms with Crippen molar-refractivity contribution in [1.82, 2.24) is 0 Å². The molecule has 0 unspecified atom stereocenters. The lowest BCUT2D eigenvalue weighted by Crippen LogP contribution is -2.03. The molecule has 0 saturated heterocycles. The van der Waals surface area contributed by atoms with E-state index in [1.807, 2.05) is 0 Å². The lowest BCUT2D eigenvalue weighted by Gasteiger charge is -2.13. The van der Waals surface area contributed by atoms with Gasteiger partial charge in [-0.1, -0.05) is 72.8 Å². The molecule has 1 aliphatic carbocycles. The van der Waals surface area contributed by atoms with E-state index in [2.05, 4.69) is 90.3 Å². The molecule has 1 aliphatic rings. The summed E-state index contributed by atoms with van der Waals surface area (Å²) in [5.74, 6) is 0. The van der Waals surface area contributed by atoms with Gasteiger partial charge in [0.1, 0.15) is 0 Å². The van der Waals surface area contributed by atoms with E-state index in [1.165, 1.54) is 27.6 Å². The largest absolute Gasteiger partial charge is 0.358 e. The van der Waals surface area contributed by atoms with Crippen LogP contribution in [-0.2, 0) is 6.42 Å². The highest BCUT2D eigenvalue weighted by Crippen LogP contribution is 2.26. The number of allylic oxidation sites excluding steroid dienone is 3. The number of hydrogen-bond donors (Lipinski definition) is 1. The molecule has 0 spiro atoms.